The van der Waals surface area contributed by atoms with Crippen LogP contribution in [-0.4, -0.2) is 47.1 Å². The Labute approximate surface area is 127 Å². The van der Waals surface area contributed by atoms with Crippen molar-refractivity contribution in [3.63, 3.8) is 0 Å². The van der Waals surface area contributed by atoms with E-state index in [9.17, 15) is 9.59 Å². The molecule has 1 saturated heterocycles. The van der Waals surface area contributed by atoms with Crippen LogP contribution in [0.25, 0.3) is 6.08 Å². The first kappa shape index (κ1) is 14.3. The van der Waals surface area contributed by atoms with Crippen molar-refractivity contribution >= 4 is 29.3 Å². The maximum atomic E-state index is 12.2. The molecule has 0 bridgehead atoms. The molecule has 0 radical (unpaired) electrons. The van der Waals surface area contributed by atoms with Crippen molar-refractivity contribution in [2.24, 2.45) is 0 Å². The Morgan fingerprint density at radius 3 is 2.90 bits per heavy atom. The third-order valence-electron chi connectivity index (χ3n) is 3.89. The van der Waals surface area contributed by atoms with E-state index in [4.69, 9.17) is 5.11 Å². The predicted octanol–water partition coefficient (Wildman–Crippen LogP) is 1.81. The second-order valence-corrected chi connectivity index (χ2v) is 6.54. The predicted molar refractivity (Wildman–Crippen MR) is 81.5 cm³/mol. The van der Waals surface area contributed by atoms with Gasteiger partial charge in [0.2, 0.25) is 0 Å². The van der Waals surface area contributed by atoms with E-state index < -0.39 is 5.97 Å². The molecule has 0 aromatic carbocycles. The monoisotopic (exact) mass is 306 g/mol. The summed E-state index contributed by atoms with van der Waals surface area (Å²) in [7, 11) is 0. The second kappa shape index (κ2) is 5.99. The lowest BCUT2D eigenvalue weighted by molar-refractivity contribution is -0.131. The average molecular weight is 306 g/mol. The van der Waals surface area contributed by atoms with Crippen molar-refractivity contribution in [1.29, 1.82) is 0 Å². The van der Waals surface area contributed by atoms with Gasteiger partial charge in [-0.1, -0.05) is 0 Å². The zero-order valence-electron chi connectivity index (χ0n) is 11.6. The van der Waals surface area contributed by atoms with E-state index in [1.165, 1.54) is 30.3 Å². The zero-order valence-corrected chi connectivity index (χ0v) is 12.4. The van der Waals surface area contributed by atoms with Gasteiger partial charge in [0, 0.05) is 41.5 Å². The first-order valence-corrected chi connectivity index (χ1v) is 8.04. The van der Waals surface area contributed by atoms with Gasteiger partial charge < -0.3 is 10.4 Å². The largest absolute Gasteiger partial charge is 0.478 e. The summed E-state index contributed by atoms with van der Waals surface area (Å²) in [5.41, 5.74) is 0.606. The molecule has 1 aromatic rings. The number of carboxylic acids is 1. The lowest BCUT2D eigenvalue weighted by atomic mass is 10.2. The number of likely N-dealkylation sites (tertiary alicyclic amines) is 1. The summed E-state index contributed by atoms with van der Waals surface area (Å²) in [6.07, 6.45) is 6.19. The molecule has 5 nitrogen and oxygen atoms in total. The number of rotatable bonds is 5. The van der Waals surface area contributed by atoms with Crippen LogP contribution in [0.1, 0.15) is 34.5 Å². The van der Waals surface area contributed by atoms with Gasteiger partial charge in [-0.25, -0.2) is 4.79 Å². The van der Waals surface area contributed by atoms with Crippen LogP contribution in [0.3, 0.4) is 0 Å². The minimum Gasteiger partial charge on any atom is -0.478 e. The van der Waals surface area contributed by atoms with Crippen LogP contribution in [0.4, 0.5) is 0 Å². The number of nitrogens with zero attached hydrogens (tertiary/aromatic N) is 1. The first-order chi connectivity index (χ1) is 10.1. The number of hydrogen-bond donors (Lipinski definition) is 2. The lowest BCUT2D eigenvalue weighted by Crippen LogP contribution is -2.37. The SMILES string of the molecule is O=C(O)C=Cc1cc(C(=O)NC2CCN(C3CC3)C2)cs1. The number of amides is 1. The van der Waals surface area contributed by atoms with Crippen molar-refractivity contribution in [1.82, 2.24) is 10.2 Å². The summed E-state index contributed by atoms with van der Waals surface area (Å²) in [6, 6.07) is 2.71. The van der Waals surface area contributed by atoms with Crippen molar-refractivity contribution < 1.29 is 14.7 Å². The molecule has 3 rings (SSSR count). The standard InChI is InChI=1S/C15H18N2O3S/c18-14(19)4-3-13-7-10(9-21-13)15(20)16-11-5-6-17(8-11)12-1-2-12/h3-4,7,9,11-12H,1-2,5-6,8H2,(H,16,20)(H,18,19). The van der Waals surface area contributed by atoms with Gasteiger partial charge in [-0.2, -0.15) is 0 Å². The normalized spacial score (nSPS) is 22.8. The number of carbonyl (C=O) groups is 2. The van der Waals surface area contributed by atoms with E-state index >= 15 is 0 Å². The molecule has 1 saturated carbocycles. The molecule has 1 unspecified atom stereocenters. The molecule has 21 heavy (non-hydrogen) atoms. The van der Waals surface area contributed by atoms with Crippen LogP contribution in [0, 0.1) is 0 Å². The summed E-state index contributed by atoms with van der Waals surface area (Å²) in [4.78, 5) is 25.9. The molecule has 2 heterocycles. The highest BCUT2D eigenvalue weighted by Gasteiger charge is 2.34. The summed E-state index contributed by atoms with van der Waals surface area (Å²) < 4.78 is 0. The molecule has 1 amide bonds. The smallest absolute Gasteiger partial charge is 0.328 e. The fourth-order valence-electron chi connectivity index (χ4n) is 2.66. The number of thiophene rings is 1. The molecule has 1 aliphatic carbocycles. The Bertz CT molecular complexity index is 577. The Kier molecular flexibility index (Phi) is 4.07. The van der Waals surface area contributed by atoms with Crippen LogP contribution >= 0.6 is 11.3 Å². The number of nitrogens with one attached hydrogen (secondary N) is 1. The highest BCUT2D eigenvalue weighted by Crippen LogP contribution is 2.29. The number of carbonyl (C=O) groups excluding carboxylic acids is 1. The van der Waals surface area contributed by atoms with Crippen molar-refractivity contribution in [3.05, 3.63) is 28.0 Å². The molecule has 1 aromatic heterocycles. The molecule has 2 aliphatic rings. The quantitative estimate of drug-likeness (QED) is 0.814. The van der Waals surface area contributed by atoms with E-state index in [0.29, 0.717) is 5.56 Å². The first-order valence-electron chi connectivity index (χ1n) is 7.16. The van der Waals surface area contributed by atoms with Gasteiger partial charge in [0.15, 0.2) is 0 Å². The molecule has 0 spiro atoms. The van der Waals surface area contributed by atoms with E-state index in [0.717, 1.165) is 36.5 Å². The zero-order chi connectivity index (χ0) is 14.8. The molecular weight excluding hydrogens is 288 g/mol. The summed E-state index contributed by atoms with van der Waals surface area (Å²) >= 11 is 1.37. The van der Waals surface area contributed by atoms with Crippen molar-refractivity contribution in [2.45, 2.75) is 31.3 Å². The van der Waals surface area contributed by atoms with E-state index in [1.807, 2.05) is 0 Å². The maximum absolute atomic E-state index is 12.2. The minimum absolute atomic E-state index is 0.0659. The summed E-state index contributed by atoms with van der Waals surface area (Å²) in [5, 5.41) is 13.4. The Morgan fingerprint density at radius 1 is 1.38 bits per heavy atom. The topological polar surface area (TPSA) is 69.6 Å². The fraction of sp³-hybridized carbons (Fsp3) is 0.467. The van der Waals surface area contributed by atoms with Gasteiger partial charge in [0.25, 0.3) is 5.91 Å². The van der Waals surface area contributed by atoms with Crippen molar-refractivity contribution in [3.8, 4) is 0 Å². The summed E-state index contributed by atoms with van der Waals surface area (Å²) in [6.45, 7) is 2.03. The van der Waals surface area contributed by atoms with Gasteiger partial charge in [0.1, 0.15) is 0 Å². The minimum atomic E-state index is -0.986. The molecule has 2 fully saturated rings. The van der Waals surface area contributed by atoms with Gasteiger partial charge in [-0.05, 0) is 31.4 Å². The van der Waals surface area contributed by atoms with Gasteiger partial charge in [-0.15, -0.1) is 11.3 Å². The Hall–Kier alpha value is -1.66. The fourth-order valence-corrected chi connectivity index (χ4v) is 3.44. The highest BCUT2D eigenvalue weighted by molar-refractivity contribution is 7.11. The van der Waals surface area contributed by atoms with Crippen LogP contribution in [0.5, 0.6) is 0 Å². The molecular formula is C15H18N2O3S. The van der Waals surface area contributed by atoms with E-state index in [1.54, 1.807) is 11.4 Å². The van der Waals surface area contributed by atoms with Crippen LogP contribution < -0.4 is 5.32 Å². The molecule has 2 N–H and O–H groups in total. The second-order valence-electron chi connectivity index (χ2n) is 5.59. The number of hydrogen-bond acceptors (Lipinski definition) is 4. The maximum Gasteiger partial charge on any atom is 0.328 e. The Morgan fingerprint density at radius 2 is 2.19 bits per heavy atom. The van der Waals surface area contributed by atoms with Crippen LogP contribution in [-0.2, 0) is 4.79 Å². The molecule has 6 heteroatoms. The highest BCUT2D eigenvalue weighted by atomic mass is 32.1. The Balaban J connectivity index is 1.54. The third-order valence-corrected chi connectivity index (χ3v) is 4.79. The van der Waals surface area contributed by atoms with Gasteiger partial charge in [0.05, 0.1) is 5.56 Å². The number of aliphatic carboxylic acids is 1. The lowest BCUT2D eigenvalue weighted by Gasteiger charge is -2.15. The summed E-state index contributed by atoms with van der Waals surface area (Å²) in [5.74, 6) is -1.05. The van der Waals surface area contributed by atoms with Crippen molar-refractivity contribution in [2.75, 3.05) is 13.1 Å². The van der Waals surface area contributed by atoms with Crippen LogP contribution in [0.2, 0.25) is 0 Å². The molecule has 112 valence electrons. The third kappa shape index (κ3) is 3.71. The number of carboxylic acid groups (broad SMARTS) is 1. The van der Waals surface area contributed by atoms with E-state index in [-0.39, 0.29) is 11.9 Å². The average Bonchev–Trinajstić information content (AvgIpc) is 3.01. The van der Waals surface area contributed by atoms with Gasteiger partial charge >= 0.3 is 5.97 Å². The molecule has 1 atom stereocenters. The molecule has 1 aliphatic heterocycles. The van der Waals surface area contributed by atoms with Gasteiger partial charge in [-0.3, -0.25) is 9.69 Å². The van der Waals surface area contributed by atoms with Crippen LogP contribution in [0.15, 0.2) is 17.5 Å². The van der Waals surface area contributed by atoms with E-state index in [2.05, 4.69) is 10.2 Å².